The van der Waals surface area contributed by atoms with Gasteiger partial charge in [-0.25, -0.2) is 75.1 Å². The first-order valence-corrected chi connectivity index (χ1v) is 43.8. The molecular weight excluding hydrogens is 2140 g/mol. The smallest absolute Gasteiger partial charge is 0.357 e. The van der Waals surface area contributed by atoms with Crippen molar-refractivity contribution in [3.05, 3.63) is 312 Å². The SMILES string of the molecule is CC1(C)C(=O)N(Cl)C(=O)N1Cl.CCN(CC)CC.COc1cc(Br)c(F)cc1-n1c(=O)ccc2cc(S(=O)(=O)Oc3c(F)c(F)c(F)c(F)c3F)c(F)cc21.COc1cc(Br)c(F)cc1-n1c(=O)ccc2cc(S(=O)(=O)Oc3c(F)c(F)c(F)c(F)c3F)c(F)cc21.COc1cc(Br)c(F)cc1-n1c(=O)ccc2cc(SCc3ccccc3)c(F)cc21.Oc1c(F)c(F)c(F)c(F)c1F. The summed E-state index contributed by atoms with van der Waals surface area (Å²) in [4.78, 5) is 60.0. The molecule has 3 aromatic heterocycles. The third-order valence-electron chi connectivity index (χ3n) is 18.8. The Hall–Kier alpha value is -11.7. The summed E-state index contributed by atoms with van der Waals surface area (Å²) in [5, 5.41) is 8.61. The van der Waals surface area contributed by atoms with E-state index in [4.69, 9.17) is 42.9 Å². The zero-order valence-electron chi connectivity index (χ0n) is 68.5. The molecule has 1 saturated heterocycles. The molecule has 10 aromatic carbocycles. The van der Waals surface area contributed by atoms with Crippen molar-refractivity contribution in [2.45, 2.75) is 60.6 Å². The van der Waals surface area contributed by atoms with Gasteiger partial charge in [0, 0.05) is 98.9 Å². The number of aromatic hydroxyl groups is 1. The fourth-order valence-electron chi connectivity index (χ4n) is 11.9. The second-order valence-electron chi connectivity index (χ2n) is 27.3. The number of rotatable bonds is 18. The summed E-state index contributed by atoms with van der Waals surface area (Å²) in [5.41, 5.74) is -2.39. The van der Waals surface area contributed by atoms with Crippen molar-refractivity contribution in [3.8, 4) is 51.6 Å². The molecule has 3 amide bonds. The van der Waals surface area contributed by atoms with Crippen LogP contribution in [0, 0.1) is 122 Å². The van der Waals surface area contributed by atoms with E-state index in [1.807, 2.05) is 30.3 Å². The predicted molar refractivity (Wildman–Crippen MR) is 456 cm³/mol. The van der Waals surface area contributed by atoms with Crippen LogP contribution in [-0.4, -0.2) is 108 Å². The fourth-order valence-corrected chi connectivity index (χ4v) is 16.3. The van der Waals surface area contributed by atoms with Gasteiger partial charge in [0.1, 0.15) is 67.5 Å². The van der Waals surface area contributed by atoms with Crippen molar-refractivity contribution in [2.24, 2.45) is 0 Å². The van der Waals surface area contributed by atoms with Gasteiger partial charge in [0.25, 0.3) is 22.6 Å². The molecule has 712 valence electrons. The molecule has 1 aliphatic heterocycles. The number of hydrogen-bond donors (Lipinski definition) is 1. The van der Waals surface area contributed by atoms with Crippen LogP contribution in [0.4, 0.5) is 97.0 Å². The molecule has 0 saturated carbocycles. The number of halogens is 26. The van der Waals surface area contributed by atoms with Crippen LogP contribution in [0.15, 0.2) is 182 Å². The second-order valence-corrected chi connectivity index (χ2v) is 34.5. The Kier molecular flexibility index (Phi) is 34.3. The molecular formula is C84H56Br3Cl2F21N6O15S3. The van der Waals surface area contributed by atoms with E-state index < -0.39 is 204 Å². The summed E-state index contributed by atoms with van der Waals surface area (Å²) < 4.78 is 363. The van der Waals surface area contributed by atoms with Crippen LogP contribution in [0.3, 0.4) is 0 Å². The maximum atomic E-state index is 15.0. The van der Waals surface area contributed by atoms with Crippen molar-refractivity contribution in [3.63, 3.8) is 0 Å². The Morgan fingerprint density at radius 3 is 0.970 bits per heavy atom. The fraction of sp³-hybridized carbons (Fsp3) is 0.155. The highest BCUT2D eigenvalue weighted by atomic mass is 79.9. The molecule has 4 heterocycles. The average Bonchev–Trinajstić information content (AvgIpc) is 0.920. The van der Waals surface area contributed by atoms with Crippen molar-refractivity contribution >= 4 is 148 Å². The van der Waals surface area contributed by atoms with Gasteiger partial charge in [0.05, 0.1) is 68.4 Å². The van der Waals surface area contributed by atoms with E-state index >= 15 is 8.78 Å². The lowest BCUT2D eigenvalue weighted by Gasteiger charge is -2.18. The molecule has 13 aromatic rings. The number of benzene rings is 10. The van der Waals surface area contributed by atoms with Crippen LogP contribution in [0.1, 0.15) is 40.2 Å². The lowest BCUT2D eigenvalue weighted by Crippen LogP contribution is -2.38. The van der Waals surface area contributed by atoms with E-state index in [1.165, 1.54) is 108 Å². The molecule has 1 N–H and O–H groups in total. The number of imide groups is 1. The Morgan fingerprint density at radius 2 is 0.694 bits per heavy atom. The predicted octanol–water partition coefficient (Wildman–Crippen LogP) is 22.1. The molecule has 0 unspecified atom stereocenters. The number of carbonyl (C=O) groups excluding carboxylic acids is 2. The summed E-state index contributed by atoms with van der Waals surface area (Å²) in [5.74, 6) is -48.3. The summed E-state index contributed by atoms with van der Waals surface area (Å²) in [6, 6.07) is 28.0. The van der Waals surface area contributed by atoms with Crippen molar-refractivity contribution in [1.29, 1.82) is 0 Å². The lowest BCUT2D eigenvalue weighted by molar-refractivity contribution is -0.127. The summed E-state index contributed by atoms with van der Waals surface area (Å²) in [6.45, 7) is 13.2. The maximum absolute atomic E-state index is 15.0. The van der Waals surface area contributed by atoms with Gasteiger partial charge in [0.2, 0.25) is 98.8 Å². The van der Waals surface area contributed by atoms with Crippen LogP contribution in [0.5, 0.6) is 34.5 Å². The van der Waals surface area contributed by atoms with E-state index in [0.29, 0.717) is 56.0 Å². The zero-order chi connectivity index (χ0) is 100. The third kappa shape index (κ3) is 22.1. The summed E-state index contributed by atoms with van der Waals surface area (Å²) in [6.07, 6.45) is 0. The standard InChI is InChI=1S/C23H16BrF2NO2S.2C22H9BrF7NO5S.C6HF5O.C6H15N.C5H6Cl2N2O2/c1-29-21-10-16(24)17(25)11-20(21)27-19-12-18(26)22(9-15(19)7-8-23(27)28)30-13-14-5-3-2-4-6-14;2*1-35-14-5-9(23)10(24)6-13(14)31-12-7-11(25)15(4-8(12)2-3-16(31)32)37(33,34)36-22-20(29)18(27)17(26)19(28)21(22)30;7-1-2(8)4(10)6(12)5(11)3(1)9;1-4-7(5-2)6-3;1-5(2)3(10)8(6)4(11)9(5)7/h2-12H,13H2,1H3;2*2-7H,1H3;12H;4-6H2,1-3H3;1-2H3. The Balaban J connectivity index is 0.000000196. The summed E-state index contributed by atoms with van der Waals surface area (Å²) in [7, 11) is -7.21. The van der Waals surface area contributed by atoms with E-state index in [-0.39, 0.29) is 63.8 Å². The molecule has 0 bridgehead atoms. The minimum Gasteiger partial charge on any atom is -0.503 e. The first-order chi connectivity index (χ1) is 62.7. The van der Waals surface area contributed by atoms with Gasteiger partial charge >= 0.3 is 26.3 Å². The largest absolute Gasteiger partial charge is 0.503 e. The number of methoxy groups -OCH3 is 3. The average molecular weight is 2200 g/mol. The number of urea groups is 1. The molecule has 21 nitrogen and oxygen atoms in total. The normalized spacial score (nSPS) is 12.3. The molecule has 50 heteroatoms. The van der Waals surface area contributed by atoms with Gasteiger partial charge in [-0.15, -0.1) is 11.8 Å². The van der Waals surface area contributed by atoms with Crippen LogP contribution in [-0.2, 0) is 30.8 Å². The minimum absolute atomic E-state index is 0.0220. The molecule has 0 aliphatic carbocycles. The Labute approximate surface area is 781 Å². The number of phenols is 1. The molecule has 1 aliphatic rings. The van der Waals surface area contributed by atoms with Crippen molar-refractivity contribution in [2.75, 3.05) is 41.0 Å². The van der Waals surface area contributed by atoms with E-state index in [0.717, 1.165) is 55.5 Å². The third-order valence-corrected chi connectivity index (χ3v) is 25.1. The molecule has 1 fully saturated rings. The number of hydrogen-bond acceptors (Lipinski definition) is 17. The number of phenolic OH excluding ortho intramolecular Hbond substituents is 1. The van der Waals surface area contributed by atoms with Gasteiger partial charge in [-0.1, -0.05) is 51.1 Å². The second kappa shape index (κ2) is 43.3. The Morgan fingerprint density at radius 1 is 0.396 bits per heavy atom. The van der Waals surface area contributed by atoms with E-state index in [9.17, 15) is 124 Å². The van der Waals surface area contributed by atoms with Gasteiger partial charge in [-0.3, -0.25) is 32.9 Å². The number of thioether (sulfide) groups is 1. The van der Waals surface area contributed by atoms with Gasteiger partial charge in [-0.2, -0.15) is 47.6 Å². The number of pyridine rings is 3. The van der Waals surface area contributed by atoms with Crippen LogP contribution in [0.25, 0.3) is 49.8 Å². The van der Waals surface area contributed by atoms with Gasteiger partial charge in [-0.05, 0) is 147 Å². The van der Waals surface area contributed by atoms with Crippen molar-refractivity contribution in [1.82, 2.24) is 27.4 Å². The highest BCUT2D eigenvalue weighted by molar-refractivity contribution is 9.11. The first kappa shape index (κ1) is 106. The first-order valence-electron chi connectivity index (χ1n) is 36.9. The summed E-state index contributed by atoms with van der Waals surface area (Å²) >= 11 is 21.2. The van der Waals surface area contributed by atoms with Crippen molar-refractivity contribution < 1.29 is 146 Å². The maximum Gasteiger partial charge on any atom is 0.357 e. The van der Waals surface area contributed by atoms with E-state index in [2.05, 4.69) is 81.8 Å². The number of fused-ring (bicyclic) bond motifs is 3. The number of carbonyl (C=O) groups is 2. The minimum atomic E-state index is -5.53. The molecule has 0 spiro atoms. The highest BCUT2D eigenvalue weighted by Gasteiger charge is 2.51. The van der Waals surface area contributed by atoms with E-state index in [1.54, 1.807) is 12.1 Å². The van der Waals surface area contributed by atoms with Gasteiger partial charge in [0.15, 0.2) is 5.75 Å². The van der Waals surface area contributed by atoms with Crippen LogP contribution < -0.4 is 39.3 Å². The monoisotopic (exact) mass is 2190 g/mol. The molecule has 0 radical (unpaired) electrons. The number of nitrogens with zero attached hydrogens (tertiary/aromatic N) is 6. The molecule has 134 heavy (non-hydrogen) atoms. The zero-order valence-corrected chi connectivity index (χ0v) is 77.2. The highest BCUT2D eigenvalue weighted by Crippen LogP contribution is 2.41. The van der Waals surface area contributed by atoms with Crippen LogP contribution >= 0.6 is 83.1 Å². The van der Waals surface area contributed by atoms with Gasteiger partial charge < -0.3 is 32.6 Å². The number of aromatic nitrogens is 3. The Bertz CT molecular complexity index is 6860. The number of ether oxygens (including phenoxy) is 3. The lowest BCUT2D eigenvalue weighted by atomic mass is 10.1. The topological polar surface area (TPSA) is 245 Å². The number of amides is 3. The van der Waals surface area contributed by atoms with Crippen LogP contribution in [0.2, 0.25) is 0 Å². The molecule has 0 atom stereocenters. The quantitative estimate of drug-likeness (QED) is 0.0160. The molecule has 14 rings (SSSR count).